The lowest BCUT2D eigenvalue weighted by Gasteiger charge is -2.29. The number of nitrogens with zero attached hydrogens (tertiary/aromatic N) is 1. The van der Waals surface area contributed by atoms with Crippen LogP contribution in [0.5, 0.6) is 5.75 Å². The van der Waals surface area contributed by atoms with Crippen molar-refractivity contribution in [3.05, 3.63) is 28.8 Å². The highest BCUT2D eigenvalue weighted by atomic mass is 35.5. The monoisotopic (exact) mass is 334 g/mol. The first kappa shape index (κ1) is 20.0. The predicted octanol–water partition coefficient (Wildman–Crippen LogP) is 2.89. The van der Waals surface area contributed by atoms with E-state index in [1.165, 1.54) is 0 Å². The van der Waals surface area contributed by atoms with Gasteiger partial charge in [-0.2, -0.15) is 0 Å². The summed E-state index contributed by atoms with van der Waals surface area (Å²) in [6.07, 6.45) is 0. The molecule has 0 bridgehead atoms. The van der Waals surface area contributed by atoms with Gasteiger partial charge < -0.3 is 15.4 Å². The minimum atomic E-state index is -0.101. The molecule has 0 unspecified atom stereocenters. The predicted molar refractivity (Wildman–Crippen MR) is 89.4 cm³/mol. The van der Waals surface area contributed by atoms with Crippen molar-refractivity contribution in [2.75, 3.05) is 26.7 Å². The van der Waals surface area contributed by atoms with Crippen LogP contribution in [0.1, 0.15) is 19.4 Å². The Bertz CT molecular complexity index is 479. The Morgan fingerprint density at radius 3 is 2.62 bits per heavy atom. The lowest BCUT2D eigenvalue weighted by Crippen LogP contribution is -2.41. The number of ether oxygens (including phenoxy) is 1. The topological polar surface area (TPSA) is 55.6 Å². The number of rotatable bonds is 6. The molecular formula is C15H24Cl2N2O2. The molecule has 1 aromatic carbocycles. The summed E-state index contributed by atoms with van der Waals surface area (Å²) in [6.45, 7) is 7.04. The molecule has 0 saturated heterocycles. The second-order valence-corrected chi connectivity index (χ2v) is 6.18. The molecule has 0 aliphatic carbocycles. The summed E-state index contributed by atoms with van der Waals surface area (Å²) in [4.78, 5) is 13.7. The van der Waals surface area contributed by atoms with Crippen molar-refractivity contribution in [1.29, 1.82) is 0 Å². The Balaban J connectivity index is 0.00000400. The van der Waals surface area contributed by atoms with Gasteiger partial charge in [-0.05, 0) is 31.0 Å². The average Bonchev–Trinajstić information content (AvgIpc) is 2.39. The second-order valence-electron chi connectivity index (χ2n) is 5.77. The summed E-state index contributed by atoms with van der Waals surface area (Å²) in [7, 11) is 1.76. The zero-order valence-electron chi connectivity index (χ0n) is 13.0. The smallest absolute Gasteiger partial charge is 0.260 e. The standard InChI is InChI=1S/C15H23ClN2O2.ClH/c1-11-12(16)6-5-7-13(11)20-8-14(19)18(4)10-15(2,3)9-17;/h5-7H,8-10,17H2,1-4H3;1H. The quantitative estimate of drug-likeness (QED) is 0.870. The molecule has 0 radical (unpaired) electrons. The van der Waals surface area contributed by atoms with E-state index in [0.717, 1.165) is 5.56 Å². The maximum Gasteiger partial charge on any atom is 0.260 e. The number of carbonyl (C=O) groups is 1. The zero-order valence-corrected chi connectivity index (χ0v) is 14.6. The van der Waals surface area contributed by atoms with Crippen molar-refractivity contribution in [2.45, 2.75) is 20.8 Å². The molecule has 1 rings (SSSR count). The van der Waals surface area contributed by atoms with Gasteiger partial charge in [0.25, 0.3) is 5.91 Å². The number of benzene rings is 1. The molecule has 0 fully saturated rings. The van der Waals surface area contributed by atoms with Gasteiger partial charge in [0.1, 0.15) is 5.75 Å². The number of hydrogen-bond acceptors (Lipinski definition) is 3. The van der Waals surface area contributed by atoms with Crippen molar-refractivity contribution in [3.63, 3.8) is 0 Å². The van der Waals surface area contributed by atoms with Crippen LogP contribution in [0, 0.1) is 12.3 Å². The molecule has 1 amide bonds. The molecular weight excluding hydrogens is 311 g/mol. The van der Waals surface area contributed by atoms with Crippen LogP contribution >= 0.6 is 24.0 Å². The van der Waals surface area contributed by atoms with E-state index in [1.54, 1.807) is 30.1 Å². The number of likely N-dealkylation sites (N-methyl/N-ethyl adjacent to an activating group) is 1. The van der Waals surface area contributed by atoms with E-state index in [0.29, 0.717) is 23.9 Å². The van der Waals surface area contributed by atoms with E-state index in [2.05, 4.69) is 0 Å². The van der Waals surface area contributed by atoms with Gasteiger partial charge in [0, 0.05) is 24.2 Å². The van der Waals surface area contributed by atoms with E-state index < -0.39 is 0 Å². The Kier molecular flexibility index (Phi) is 8.08. The van der Waals surface area contributed by atoms with Crippen LogP contribution in [0.15, 0.2) is 18.2 Å². The van der Waals surface area contributed by atoms with E-state index in [4.69, 9.17) is 22.1 Å². The maximum absolute atomic E-state index is 12.0. The number of halogens is 2. The first-order chi connectivity index (χ1) is 9.26. The van der Waals surface area contributed by atoms with Crippen molar-refractivity contribution < 1.29 is 9.53 Å². The fraction of sp³-hybridized carbons (Fsp3) is 0.533. The lowest BCUT2D eigenvalue weighted by atomic mass is 9.93. The molecule has 2 N–H and O–H groups in total. The van der Waals surface area contributed by atoms with Gasteiger partial charge in [-0.25, -0.2) is 0 Å². The molecule has 1 aromatic rings. The lowest BCUT2D eigenvalue weighted by molar-refractivity contribution is -0.133. The van der Waals surface area contributed by atoms with Crippen molar-refractivity contribution in [1.82, 2.24) is 4.90 Å². The van der Waals surface area contributed by atoms with Crippen molar-refractivity contribution >= 4 is 29.9 Å². The van der Waals surface area contributed by atoms with E-state index in [-0.39, 0.29) is 30.3 Å². The molecule has 4 nitrogen and oxygen atoms in total. The highest BCUT2D eigenvalue weighted by Gasteiger charge is 2.21. The molecule has 0 saturated carbocycles. The Hall–Kier alpha value is -0.970. The third-order valence-electron chi connectivity index (χ3n) is 3.21. The summed E-state index contributed by atoms with van der Waals surface area (Å²) in [5, 5.41) is 0.632. The molecule has 0 spiro atoms. The van der Waals surface area contributed by atoms with Crippen LogP contribution in [0.2, 0.25) is 5.02 Å². The first-order valence-corrected chi connectivity index (χ1v) is 6.96. The minimum Gasteiger partial charge on any atom is -0.483 e. The largest absolute Gasteiger partial charge is 0.483 e. The zero-order chi connectivity index (χ0) is 15.3. The first-order valence-electron chi connectivity index (χ1n) is 6.59. The van der Waals surface area contributed by atoms with E-state index in [9.17, 15) is 4.79 Å². The summed E-state index contributed by atoms with van der Waals surface area (Å²) >= 11 is 6.01. The normalized spacial score (nSPS) is 10.8. The Morgan fingerprint density at radius 1 is 1.43 bits per heavy atom. The van der Waals surface area contributed by atoms with E-state index >= 15 is 0 Å². The molecule has 120 valence electrons. The van der Waals surface area contributed by atoms with Crippen LogP contribution in [-0.4, -0.2) is 37.6 Å². The number of amides is 1. The molecule has 6 heteroatoms. The van der Waals surface area contributed by atoms with Crippen LogP contribution in [0.25, 0.3) is 0 Å². The van der Waals surface area contributed by atoms with Crippen LogP contribution in [0.3, 0.4) is 0 Å². The van der Waals surface area contributed by atoms with Crippen molar-refractivity contribution in [3.8, 4) is 5.75 Å². The Morgan fingerprint density at radius 2 is 2.05 bits per heavy atom. The van der Waals surface area contributed by atoms with Gasteiger partial charge in [0.05, 0.1) is 0 Å². The van der Waals surface area contributed by atoms with Gasteiger partial charge in [-0.15, -0.1) is 12.4 Å². The van der Waals surface area contributed by atoms with Crippen molar-refractivity contribution in [2.24, 2.45) is 11.1 Å². The summed E-state index contributed by atoms with van der Waals surface area (Å²) < 4.78 is 5.54. The molecule has 0 aliphatic heterocycles. The minimum absolute atomic E-state index is 0. The number of nitrogens with two attached hydrogens (primary N) is 1. The van der Waals surface area contributed by atoms with Crippen LogP contribution in [0.4, 0.5) is 0 Å². The van der Waals surface area contributed by atoms with Crippen LogP contribution in [-0.2, 0) is 4.79 Å². The Labute approximate surface area is 138 Å². The third-order valence-corrected chi connectivity index (χ3v) is 3.62. The molecule has 0 heterocycles. The maximum atomic E-state index is 12.0. The summed E-state index contributed by atoms with van der Waals surface area (Å²) in [5.41, 5.74) is 6.41. The van der Waals surface area contributed by atoms with Gasteiger partial charge in [0.2, 0.25) is 0 Å². The number of hydrogen-bond donors (Lipinski definition) is 1. The highest BCUT2D eigenvalue weighted by Crippen LogP contribution is 2.25. The average molecular weight is 335 g/mol. The fourth-order valence-corrected chi connectivity index (χ4v) is 1.95. The van der Waals surface area contributed by atoms with E-state index in [1.807, 2.05) is 20.8 Å². The molecule has 21 heavy (non-hydrogen) atoms. The van der Waals surface area contributed by atoms with Crippen LogP contribution < -0.4 is 10.5 Å². The van der Waals surface area contributed by atoms with Gasteiger partial charge in [-0.1, -0.05) is 31.5 Å². The summed E-state index contributed by atoms with van der Waals surface area (Å²) in [6, 6.07) is 5.40. The highest BCUT2D eigenvalue weighted by molar-refractivity contribution is 6.31. The SMILES string of the molecule is Cc1c(Cl)cccc1OCC(=O)N(C)CC(C)(C)CN.Cl. The third kappa shape index (κ3) is 6.12. The molecule has 0 atom stereocenters. The summed E-state index contributed by atoms with van der Waals surface area (Å²) in [5.74, 6) is 0.559. The molecule has 0 aromatic heterocycles. The number of carbonyl (C=O) groups excluding carboxylic acids is 1. The van der Waals surface area contributed by atoms with Gasteiger partial charge >= 0.3 is 0 Å². The van der Waals surface area contributed by atoms with Gasteiger partial charge in [-0.3, -0.25) is 4.79 Å². The molecule has 0 aliphatic rings. The second kappa shape index (κ2) is 8.47. The fourth-order valence-electron chi connectivity index (χ4n) is 1.79. The van der Waals surface area contributed by atoms with Gasteiger partial charge in [0.15, 0.2) is 6.61 Å².